The van der Waals surface area contributed by atoms with E-state index < -0.39 is 12.0 Å². The van der Waals surface area contributed by atoms with Gasteiger partial charge in [-0.3, -0.25) is 4.79 Å². The highest BCUT2D eigenvalue weighted by atomic mass is 16.4. The highest BCUT2D eigenvalue weighted by molar-refractivity contribution is 5.84. The molecular weight excluding hydrogens is 208 g/mol. The number of unbranched alkanes of at least 4 members (excludes halogenated alkanes) is 2. The van der Waals surface area contributed by atoms with E-state index >= 15 is 0 Å². The molecule has 0 saturated carbocycles. The van der Waals surface area contributed by atoms with E-state index in [9.17, 15) is 9.59 Å². The Hall–Kier alpha value is -1.57. The molecule has 1 amide bonds. The number of hydrogen-bond donors (Lipinski definition) is 2. The summed E-state index contributed by atoms with van der Waals surface area (Å²) in [5.74, 6) is -1.50. The third-order valence-corrected chi connectivity index (χ3v) is 2.17. The Balaban J connectivity index is 4.04. The van der Waals surface area contributed by atoms with Crippen molar-refractivity contribution in [2.24, 2.45) is 5.92 Å². The zero-order valence-corrected chi connectivity index (χ0v) is 9.69. The number of carboxylic acids is 1. The fourth-order valence-corrected chi connectivity index (χ4v) is 1.15. The predicted molar refractivity (Wildman–Crippen MR) is 58.5 cm³/mol. The number of carbonyl (C=O) groups is 2. The lowest BCUT2D eigenvalue weighted by Crippen LogP contribution is -2.42. The maximum atomic E-state index is 11.3. The van der Waals surface area contributed by atoms with Crippen LogP contribution in [-0.4, -0.2) is 23.0 Å². The smallest absolute Gasteiger partial charge is 0.326 e. The van der Waals surface area contributed by atoms with Gasteiger partial charge in [0.15, 0.2) is 0 Å². The molecule has 0 aliphatic rings. The van der Waals surface area contributed by atoms with Crippen molar-refractivity contribution in [1.29, 1.82) is 5.26 Å². The molecule has 5 nitrogen and oxygen atoms in total. The summed E-state index contributed by atoms with van der Waals surface area (Å²) in [6.45, 7) is 3.42. The zero-order valence-electron chi connectivity index (χ0n) is 9.69. The molecule has 0 bridgehead atoms. The molecule has 0 aromatic rings. The van der Waals surface area contributed by atoms with Crippen molar-refractivity contribution >= 4 is 11.9 Å². The van der Waals surface area contributed by atoms with Crippen LogP contribution in [0.15, 0.2) is 0 Å². The summed E-state index contributed by atoms with van der Waals surface area (Å²) in [4.78, 5) is 22.2. The largest absolute Gasteiger partial charge is 0.480 e. The predicted octanol–water partition coefficient (Wildman–Crippen LogP) is 1.30. The van der Waals surface area contributed by atoms with Crippen LogP contribution in [0.1, 0.15) is 39.5 Å². The van der Waals surface area contributed by atoms with E-state index in [1.165, 1.54) is 0 Å². The molecule has 0 fully saturated rings. The number of nitrogens with one attached hydrogen (secondary N) is 1. The topological polar surface area (TPSA) is 90.2 Å². The normalized spacial score (nSPS) is 11.9. The number of amides is 1. The Morgan fingerprint density at radius 1 is 1.38 bits per heavy atom. The van der Waals surface area contributed by atoms with E-state index in [0.29, 0.717) is 25.7 Å². The van der Waals surface area contributed by atoms with Crippen LogP contribution in [0, 0.1) is 17.2 Å². The van der Waals surface area contributed by atoms with E-state index in [0.717, 1.165) is 0 Å². The van der Waals surface area contributed by atoms with Crippen LogP contribution in [0.5, 0.6) is 0 Å². The van der Waals surface area contributed by atoms with E-state index in [1.807, 2.05) is 6.07 Å². The minimum Gasteiger partial charge on any atom is -0.480 e. The molecule has 2 N–H and O–H groups in total. The summed E-state index contributed by atoms with van der Waals surface area (Å²) in [5.41, 5.74) is 0. The fourth-order valence-electron chi connectivity index (χ4n) is 1.15. The van der Waals surface area contributed by atoms with Gasteiger partial charge in [0.1, 0.15) is 6.04 Å². The highest BCUT2D eigenvalue weighted by Crippen LogP contribution is 2.05. The highest BCUT2D eigenvalue weighted by Gasteiger charge is 2.20. The van der Waals surface area contributed by atoms with Gasteiger partial charge in [-0.05, 0) is 19.3 Å². The summed E-state index contributed by atoms with van der Waals surface area (Å²) in [7, 11) is 0. The van der Waals surface area contributed by atoms with Crippen LogP contribution in [0.25, 0.3) is 0 Å². The van der Waals surface area contributed by atoms with Crippen LogP contribution >= 0.6 is 0 Å². The molecule has 0 aliphatic heterocycles. The number of hydrogen-bond acceptors (Lipinski definition) is 3. The van der Waals surface area contributed by atoms with Crippen molar-refractivity contribution in [3.63, 3.8) is 0 Å². The molecule has 0 aliphatic carbocycles. The van der Waals surface area contributed by atoms with Gasteiger partial charge in [0.2, 0.25) is 5.91 Å². The Kier molecular flexibility index (Phi) is 6.93. The Morgan fingerprint density at radius 3 is 2.44 bits per heavy atom. The molecule has 0 radical (unpaired) electrons. The van der Waals surface area contributed by atoms with Crippen molar-refractivity contribution in [3.05, 3.63) is 0 Å². The lowest BCUT2D eigenvalue weighted by molar-refractivity contribution is -0.142. The van der Waals surface area contributed by atoms with Gasteiger partial charge in [-0.1, -0.05) is 13.8 Å². The molecule has 1 atom stereocenters. The van der Waals surface area contributed by atoms with Crippen molar-refractivity contribution in [1.82, 2.24) is 5.32 Å². The minimum absolute atomic E-state index is 0.221. The standard InChI is InChI=1S/C11H18N2O3/c1-8(2)10(14)13-9(11(15)16)6-4-3-5-7-12/h8-9H,3-6H2,1-2H3,(H,13,14)(H,15,16)/t9-/m0/s1. The van der Waals surface area contributed by atoms with E-state index in [1.54, 1.807) is 13.8 Å². The fraction of sp³-hybridized carbons (Fsp3) is 0.727. The van der Waals surface area contributed by atoms with Gasteiger partial charge in [-0.15, -0.1) is 0 Å². The van der Waals surface area contributed by atoms with Crippen molar-refractivity contribution in [2.45, 2.75) is 45.6 Å². The summed E-state index contributed by atoms with van der Waals surface area (Å²) < 4.78 is 0. The Morgan fingerprint density at radius 2 is 2.00 bits per heavy atom. The summed E-state index contributed by atoms with van der Waals surface area (Å²) >= 11 is 0. The maximum Gasteiger partial charge on any atom is 0.326 e. The average molecular weight is 226 g/mol. The molecule has 0 rings (SSSR count). The van der Waals surface area contributed by atoms with Gasteiger partial charge in [0.05, 0.1) is 6.07 Å². The third kappa shape index (κ3) is 6.02. The monoisotopic (exact) mass is 226 g/mol. The first kappa shape index (κ1) is 14.4. The molecule has 90 valence electrons. The molecule has 0 spiro atoms. The lowest BCUT2D eigenvalue weighted by Gasteiger charge is -2.15. The summed E-state index contributed by atoms with van der Waals surface area (Å²) in [6.07, 6.45) is 2.08. The summed E-state index contributed by atoms with van der Waals surface area (Å²) in [5, 5.41) is 19.7. The molecule has 0 heterocycles. The molecular formula is C11H18N2O3. The van der Waals surface area contributed by atoms with Crippen LogP contribution in [0.2, 0.25) is 0 Å². The van der Waals surface area contributed by atoms with Gasteiger partial charge >= 0.3 is 5.97 Å². The molecule has 0 unspecified atom stereocenters. The zero-order chi connectivity index (χ0) is 12.6. The van der Waals surface area contributed by atoms with E-state index in [2.05, 4.69) is 5.32 Å². The van der Waals surface area contributed by atoms with Crippen LogP contribution in [0.3, 0.4) is 0 Å². The first-order valence-corrected chi connectivity index (χ1v) is 5.39. The molecule has 5 heteroatoms. The Bertz CT molecular complexity index is 281. The first-order chi connectivity index (χ1) is 7.49. The molecule has 0 aromatic carbocycles. The quantitative estimate of drug-likeness (QED) is 0.640. The number of nitrogens with zero attached hydrogens (tertiary/aromatic N) is 1. The van der Waals surface area contributed by atoms with Crippen molar-refractivity contribution in [2.75, 3.05) is 0 Å². The molecule has 0 saturated heterocycles. The van der Waals surface area contributed by atoms with Gasteiger partial charge in [0, 0.05) is 12.3 Å². The van der Waals surface area contributed by atoms with E-state index in [4.69, 9.17) is 10.4 Å². The second-order valence-corrected chi connectivity index (χ2v) is 3.96. The maximum absolute atomic E-state index is 11.3. The van der Waals surface area contributed by atoms with Gasteiger partial charge in [-0.2, -0.15) is 5.26 Å². The lowest BCUT2D eigenvalue weighted by atomic mass is 10.1. The van der Waals surface area contributed by atoms with Crippen molar-refractivity contribution in [3.8, 4) is 6.07 Å². The Labute approximate surface area is 95.4 Å². The van der Waals surface area contributed by atoms with Crippen LogP contribution in [-0.2, 0) is 9.59 Å². The molecule has 16 heavy (non-hydrogen) atoms. The average Bonchev–Trinajstić information content (AvgIpc) is 2.21. The number of carboxylic acid groups (broad SMARTS) is 1. The number of nitriles is 1. The second-order valence-electron chi connectivity index (χ2n) is 3.96. The van der Waals surface area contributed by atoms with Gasteiger partial charge < -0.3 is 10.4 Å². The van der Waals surface area contributed by atoms with Crippen molar-refractivity contribution < 1.29 is 14.7 Å². The molecule has 0 aromatic heterocycles. The third-order valence-electron chi connectivity index (χ3n) is 2.17. The SMILES string of the molecule is CC(C)C(=O)N[C@@H](CCCCC#N)C(=O)O. The van der Waals surface area contributed by atoms with Crippen LogP contribution < -0.4 is 5.32 Å². The minimum atomic E-state index is -1.02. The number of carbonyl (C=O) groups excluding carboxylic acids is 1. The second kappa shape index (κ2) is 7.69. The first-order valence-electron chi connectivity index (χ1n) is 5.39. The summed E-state index contributed by atoms with van der Waals surface area (Å²) in [6, 6.07) is 1.16. The van der Waals surface area contributed by atoms with Gasteiger partial charge in [-0.25, -0.2) is 4.79 Å². The van der Waals surface area contributed by atoms with Gasteiger partial charge in [0.25, 0.3) is 0 Å². The van der Waals surface area contributed by atoms with Crippen LogP contribution in [0.4, 0.5) is 0 Å². The number of rotatable bonds is 7. The number of aliphatic carboxylic acids is 1. The van der Waals surface area contributed by atoms with E-state index in [-0.39, 0.29) is 11.8 Å².